The molecule has 0 aliphatic carbocycles. The van der Waals surface area contributed by atoms with Gasteiger partial charge in [0.25, 0.3) is 0 Å². The van der Waals surface area contributed by atoms with Gasteiger partial charge in [-0.1, -0.05) is 34.1 Å². The van der Waals surface area contributed by atoms with E-state index in [0.717, 1.165) is 17.5 Å². The van der Waals surface area contributed by atoms with E-state index in [9.17, 15) is 0 Å². The summed E-state index contributed by atoms with van der Waals surface area (Å²) in [5, 5.41) is 0. The highest BCUT2D eigenvalue weighted by Gasteiger charge is 2.07. The zero-order valence-electron chi connectivity index (χ0n) is 7.72. The molecule has 0 nitrogen and oxygen atoms in total. The summed E-state index contributed by atoms with van der Waals surface area (Å²) < 4.78 is 0. The second-order valence-corrected chi connectivity index (χ2v) is 4.74. The lowest BCUT2D eigenvalue weighted by molar-refractivity contribution is 0.492. The van der Waals surface area contributed by atoms with Crippen LogP contribution >= 0.6 is 9.24 Å². The van der Waals surface area contributed by atoms with Gasteiger partial charge in [-0.15, -0.1) is 9.24 Å². The van der Waals surface area contributed by atoms with Crippen molar-refractivity contribution in [2.75, 3.05) is 0 Å². The fourth-order valence-corrected chi connectivity index (χ4v) is 1.05. The molecule has 0 aliphatic heterocycles. The molecule has 1 heteroatoms. The monoisotopic (exact) mass is 160 g/mol. The first-order chi connectivity index (χ1) is 4.54. The summed E-state index contributed by atoms with van der Waals surface area (Å²) in [6.45, 7) is 9.16. The van der Waals surface area contributed by atoms with E-state index < -0.39 is 0 Å². The van der Waals surface area contributed by atoms with Gasteiger partial charge in [-0.25, -0.2) is 0 Å². The second kappa shape index (κ2) is 5.13. The summed E-state index contributed by atoms with van der Waals surface area (Å²) in [6, 6.07) is 0. The van der Waals surface area contributed by atoms with Crippen LogP contribution in [0.5, 0.6) is 0 Å². The van der Waals surface area contributed by atoms with Crippen LogP contribution in [-0.2, 0) is 0 Å². The van der Waals surface area contributed by atoms with Crippen LogP contribution in [0, 0.1) is 11.8 Å². The molecule has 0 amide bonds. The quantitative estimate of drug-likeness (QED) is 0.553. The van der Waals surface area contributed by atoms with Crippen LogP contribution in [0.2, 0.25) is 0 Å². The van der Waals surface area contributed by atoms with Crippen molar-refractivity contribution in [2.24, 2.45) is 11.8 Å². The van der Waals surface area contributed by atoms with Crippen LogP contribution in [0.25, 0.3) is 0 Å². The van der Waals surface area contributed by atoms with Crippen LogP contribution < -0.4 is 0 Å². The fourth-order valence-electron chi connectivity index (χ4n) is 0.859. The number of hydrogen-bond donors (Lipinski definition) is 0. The van der Waals surface area contributed by atoms with Gasteiger partial charge in [0.2, 0.25) is 0 Å². The molecular formula is C9H21P. The summed E-state index contributed by atoms with van der Waals surface area (Å²) in [5.41, 5.74) is 0.822. The Bertz CT molecular complexity index is 76.8. The third-order valence-corrected chi connectivity index (χ3v) is 3.04. The van der Waals surface area contributed by atoms with Crippen LogP contribution in [0.3, 0.4) is 0 Å². The molecular weight excluding hydrogens is 139 g/mol. The summed E-state index contributed by atoms with van der Waals surface area (Å²) in [6.07, 6.45) is 2.73. The summed E-state index contributed by atoms with van der Waals surface area (Å²) in [7, 11) is 2.94. The summed E-state index contributed by atoms with van der Waals surface area (Å²) in [5.74, 6) is 1.69. The molecule has 2 unspecified atom stereocenters. The summed E-state index contributed by atoms with van der Waals surface area (Å²) in [4.78, 5) is 0. The Morgan fingerprint density at radius 2 is 1.50 bits per heavy atom. The van der Waals surface area contributed by atoms with Crippen molar-refractivity contribution < 1.29 is 0 Å². The van der Waals surface area contributed by atoms with E-state index in [-0.39, 0.29) is 0 Å². The smallest absolute Gasteiger partial charge is 0.0241 e. The predicted molar refractivity (Wildman–Crippen MR) is 52.4 cm³/mol. The molecule has 0 aliphatic rings. The number of hydrogen-bond acceptors (Lipinski definition) is 0. The first-order valence-corrected chi connectivity index (χ1v) is 4.96. The molecule has 0 aromatic heterocycles. The van der Waals surface area contributed by atoms with Crippen LogP contribution in [-0.4, -0.2) is 5.66 Å². The highest BCUT2D eigenvalue weighted by atomic mass is 31.0. The number of rotatable bonds is 4. The minimum absolute atomic E-state index is 0.822. The average Bonchev–Trinajstić information content (AvgIpc) is 1.82. The van der Waals surface area contributed by atoms with Gasteiger partial charge < -0.3 is 0 Å². The molecule has 0 fully saturated rings. The third-order valence-electron chi connectivity index (χ3n) is 1.93. The maximum absolute atomic E-state index is 2.94. The normalized spacial score (nSPS) is 14.7. The minimum Gasteiger partial charge on any atom is -0.134 e. The highest BCUT2D eigenvalue weighted by molar-refractivity contribution is 7.17. The SMILES string of the molecule is CC(C)CCC(P)C(C)C. The largest absolute Gasteiger partial charge is 0.134 e. The van der Waals surface area contributed by atoms with Crippen LogP contribution in [0.15, 0.2) is 0 Å². The van der Waals surface area contributed by atoms with E-state index in [1.54, 1.807) is 0 Å². The lowest BCUT2D eigenvalue weighted by Crippen LogP contribution is -2.07. The lowest BCUT2D eigenvalue weighted by Gasteiger charge is -2.15. The van der Waals surface area contributed by atoms with Gasteiger partial charge in [-0.2, -0.15) is 0 Å². The maximum Gasteiger partial charge on any atom is -0.0241 e. The Kier molecular flexibility index (Phi) is 5.35. The van der Waals surface area contributed by atoms with E-state index in [1.165, 1.54) is 12.8 Å². The molecule has 0 bridgehead atoms. The van der Waals surface area contributed by atoms with Gasteiger partial charge in [-0.3, -0.25) is 0 Å². The molecule has 0 spiro atoms. The van der Waals surface area contributed by atoms with E-state index in [4.69, 9.17) is 0 Å². The Hall–Kier alpha value is 0.430. The van der Waals surface area contributed by atoms with Crippen LogP contribution in [0.4, 0.5) is 0 Å². The second-order valence-electron chi connectivity index (χ2n) is 3.88. The molecule has 0 heterocycles. The predicted octanol–water partition coefficient (Wildman–Crippen LogP) is 3.32. The molecule has 0 radical (unpaired) electrons. The van der Waals surface area contributed by atoms with Gasteiger partial charge in [0, 0.05) is 0 Å². The first kappa shape index (κ1) is 10.4. The van der Waals surface area contributed by atoms with Crippen molar-refractivity contribution in [1.29, 1.82) is 0 Å². The van der Waals surface area contributed by atoms with Gasteiger partial charge in [0.1, 0.15) is 0 Å². The van der Waals surface area contributed by atoms with Gasteiger partial charge >= 0.3 is 0 Å². The van der Waals surface area contributed by atoms with E-state index in [2.05, 4.69) is 36.9 Å². The van der Waals surface area contributed by atoms with Crippen molar-refractivity contribution >= 4 is 9.24 Å². The Labute approximate surface area is 68.0 Å². The molecule has 10 heavy (non-hydrogen) atoms. The van der Waals surface area contributed by atoms with Crippen molar-refractivity contribution in [1.82, 2.24) is 0 Å². The van der Waals surface area contributed by atoms with Gasteiger partial charge in [0.15, 0.2) is 0 Å². The third kappa shape index (κ3) is 5.23. The van der Waals surface area contributed by atoms with Crippen molar-refractivity contribution in [3.05, 3.63) is 0 Å². The topological polar surface area (TPSA) is 0 Å². The Morgan fingerprint density at radius 1 is 1.00 bits per heavy atom. The van der Waals surface area contributed by atoms with Crippen LogP contribution in [0.1, 0.15) is 40.5 Å². The van der Waals surface area contributed by atoms with E-state index >= 15 is 0 Å². The molecule has 2 atom stereocenters. The zero-order chi connectivity index (χ0) is 8.15. The average molecular weight is 160 g/mol. The molecule has 0 aromatic carbocycles. The lowest BCUT2D eigenvalue weighted by atomic mass is 10.0. The first-order valence-electron chi connectivity index (χ1n) is 4.29. The standard InChI is InChI=1S/C9H21P/c1-7(2)5-6-9(10)8(3)4/h7-9H,5-6,10H2,1-4H3. The molecule has 0 N–H and O–H groups in total. The fraction of sp³-hybridized carbons (Fsp3) is 1.00. The summed E-state index contributed by atoms with van der Waals surface area (Å²) >= 11 is 0. The molecule has 0 saturated heterocycles. The highest BCUT2D eigenvalue weighted by Crippen LogP contribution is 2.19. The molecule has 0 rings (SSSR count). The van der Waals surface area contributed by atoms with E-state index in [0.29, 0.717) is 0 Å². The van der Waals surface area contributed by atoms with Gasteiger partial charge in [-0.05, 0) is 23.9 Å². The van der Waals surface area contributed by atoms with Crippen molar-refractivity contribution in [2.45, 2.75) is 46.2 Å². The maximum atomic E-state index is 2.94. The Balaban J connectivity index is 3.30. The van der Waals surface area contributed by atoms with Crippen molar-refractivity contribution in [3.63, 3.8) is 0 Å². The van der Waals surface area contributed by atoms with Gasteiger partial charge in [0.05, 0.1) is 0 Å². The Morgan fingerprint density at radius 3 is 1.80 bits per heavy atom. The van der Waals surface area contributed by atoms with Crippen molar-refractivity contribution in [3.8, 4) is 0 Å². The molecule has 0 saturated carbocycles. The minimum atomic E-state index is 0.822. The molecule has 0 aromatic rings. The van der Waals surface area contributed by atoms with E-state index in [1.807, 2.05) is 0 Å². The zero-order valence-corrected chi connectivity index (χ0v) is 8.88. The molecule has 62 valence electrons.